The second kappa shape index (κ2) is 11.3. The highest BCUT2D eigenvalue weighted by atomic mass is 127. The van der Waals surface area contributed by atoms with Crippen molar-refractivity contribution in [3.8, 4) is 0 Å². The molecule has 0 radical (unpaired) electrons. The van der Waals surface area contributed by atoms with Crippen LogP contribution in [0.5, 0.6) is 0 Å². The Kier molecular flexibility index (Phi) is 9.08. The molecule has 4 heteroatoms. The van der Waals surface area contributed by atoms with Gasteiger partial charge in [0.2, 0.25) is 0 Å². The molecular formula is C30H41F2IO. The lowest BCUT2D eigenvalue weighted by atomic mass is 9.77. The lowest BCUT2D eigenvalue weighted by Gasteiger charge is -2.28. The van der Waals surface area contributed by atoms with Crippen LogP contribution in [0.4, 0.5) is 8.78 Å². The highest BCUT2D eigenvalue weighted by Crippen LogP contribution is 2.42. The third kappa shape index (κ3) is 7.41. The summed E-state index contributed by atoms with van der Waals surface area (Å²) in [4.78, 5) is 0. The summed E-state index contributed by atoms with van der Waals surface area (Å²) in [5.41, 5.74) is 1.51. The van der Waals surface area contributed by atoms with Crippen molar-refractivity contribution in [2.45, 2.75) is 85.7 Å². The molecule has 0 saturated heterocycles. The van der Waals surface area contributed by atoms with Gasteiger partial charge in [-0.25, -0.2) is 0 Å². The molecular weight excluding hydrogens is 541 g/mol. The van der Waals surface area contributed by atoms with Gasteiger partial charge in [0.1, 0.15) is 5.76 Å². The molecule has 1 fully saturated rings. The van der Waals surface area contributed by atoms with Crippen molar-refractivity contribution in [3.63, 3.8) is 0 Å². The molecule has 0 spiro atoms. The van der Waals surface area contributed by atoms with Crippen LogP contribution >= 0.6 is 22.6 Å². The fourth-order valence-corrected chi connectivity index (χ4v) is 5.72. The maximum absolute atomic E-state index is 15.6. The van der Waals surface area contributed by atoms with Crippen molar-refractivity contribution in [1.82, 2.24) is 0 Å². The zero-order valence-electron chi connectivity index (χ0n) is 21.5. The maximum atomic E-state index is 15.6. The molecule has 3 aliphatic rings. The molecule has 3 aliphatic carbocycles. The van der Waals surface area contributed by atoms with Gasteiger partial charge in [-0.05, 0) is 72.2 Å². The van der Waals surface area contributed by atoms with Crippen LogP contribution in [0, 0.1) is 22.7 Å². The number of allylic oxidation sites excluding steroid dienone is 9. The first-order valence-corrected chi connectivity index (χ1v) is 14.4. The molecule has 0 aliphatic heterocycles. The van der Waals surface area contributed by atoms with Gasteiger partial charge in [0.05, 0.1) is 5.57 Å². The minimum absolute atomic E-state index is 0.0656. The summed E-state index contributed by atoms with van der Waals surface area (Å²) in [5.74, 6) is 1.46. The molecule has 0 bridgehead atoms. The molecule has 0 N–H and O–H groups in total. The van der Waals surface area contributed by atoms with E-state index in [1.807, 2.05) is 32.1 Å². The zero-order chi connectivity index (χ0) is 25.0. The van der Waals surface area contributed by atoms with E-state index in [4.69, 9.17) is 4.74 Å². The van der Waals surface area contributed by atoms with Gasteiger partial charge in [0.15, 0.2) is 0 Å². The molecule has 1 nitrogen and oxygen atoms in total. The summed E-state index contributed by atoms with van der Waals surface area (Å²) in [6.07, 6.45) is 19.1. The smallest absolute Gasteiger partial charge is 0.426 e. The highest BCUT2D eigenvalue weighted by Gasteiger charge is 2.39. The summed E-state index contributed by atoms with van der Waals surface area (Å²) >= 11 is 2.37. The van der Waals surface area contributed by atoms with Crippen LogP contribution in [0.3, 0.4) is 0 Å². The lowest BCUT2D eigenvalue weighted by molar-refractivity contribution is -0.177. The van der Waals surface area contributed by atoms with Crippen LogP contribution in [-0.4, -0.2) is 10.5 Å². The number of ether oxygens (including phenoxy) is 1. The van der Waals surface area contributed by atoms with Crippen molar-refractivity contribution < 1.29 is 13.5 Å². The third-order valence-corrected chi connectivity index (χ3v) is 8.06. The fourth-order valence-electron chi connectivity index (χ4n) is 5.34. The Balaban J connectivity index is 1.84. The van der Waals surface area contributed by atoms with Crippen LogP contribution in [0.15, 0.2) is 71.1 Å². The van der Waals surface area contributed by atoms with E-state index < -0.39 is 11.5 Å². The number of halogens is 3. The fraction of sp³-hybridized carbons (Fsp3) is 0.600. The molecule has 1 atom stereocenters. The van der Waals surface area contributed by atoms with Gasteiger partial charge in [-0.15, -0.1) is 0 Å². The molecule has 188 valence electrons. The second-order valence-corrected chi connectivity index (χ2v) is 12.3. The predicted molar refractivity (Wildman–Crippen MR) is 148 cm³/mol. The molecule has 3 rings (SSSR count). The molecule has 0 heterocycles. The van der Waals surface area contributed by atoms with Crippen LogP contribution in [0.2, 0.25) is 0 Å². The molecule has 1 saturated carbocycles. The average Bonchev–Trinajstić information content (AvgIpc) is 3.03. The summed E-state index contributed by atoms with van der Waals surface area (Å²) < 4.78 is 37.7. The number of alkyl halides is 3. The third-order valence-electron chi connectivity index (χ3n) is 7.30. The van der Waals surface area contributed by atoms with E-state index >= 15 is 8.78 Å². The molecule has 0 aromatic carbocycles. The van der Waals surface area contributed by atoms with Crippen LogP contribution < -0.4 is 0 Å². The SMILES string of the molecule is CCC1=CC(C)(CCCI)C=C(OC(F)(F)C2=CC(C)(C)C=C(C3CCC(C)CC3)C=C2)C=C1. The monoisotopic (exact) mass is 582 g/mol. The maximum Gasteiger partial charge on any atom is 0.426 e. The van der Waals surface area contributed by atoms with Crippen molar-refractivity contribution in [2.24, 2.45) is 22.7 Å². The second-order valence-electron chi connectivity index (χ2n) is 11.2. The average molecular weight is 583 g/mol. The molecule has 1 unspecified atom stereocenters. The Bertz CT molecular complexity index is 910. The van der Waals surface area contributed by atoms with Crippen LogP contribution in [0.25, 0.3) is 0 Å². The zero-order valence-corrected chi connectivity index (χ0v) is 23.6. The minimum Gasteiger partial charge on any atom is -0.429 e. The molecule has 0 aromatic rings. The number of hydrogen-bond donors (Lipinski definition) is 0. The summed E-state index contributed by atoms with van der Waals surface area (Å²) in [6.45, 7) is 10.5. The summed E-state index contributed by atoms with van der Waals surface area (Å²) in [7, 11) is 0. The van der Waals surface area contributed by atoms with Gasteiger partial charge in [-0.1, -0.05) is 106 Å². The Morgan fingerprint density at radius 2 is 1.68 bits per heavy atom. The standard InChI is InChI=1S/C30H41F2IO/c1-6-23-10-15-27(21-29(5,18-23)16-7-17-33)34-30(31,32)26-14-13-25(19-28(3,4)20-26)24-11-8-22(2)9-12-24/h10,13-15,18-22,24H,6-9,11-12,16-17H2,1-5H3. The van der Waals surface area contributed by atoms with E-state index in [-0.39, 0.29) is 16.7 Å². The molecule has 34 heavy (non-hydrogen) atoms. The number of rotatable bonds is 8. The van der Waals surface area contributed by atoms with Crippen molar-refractivity contribution in [3.05, 3.63) is 71.1 Å². The topological polar surface area (TPSA) is 9.23 Å². The lowest BCUT2D eigenvalue weighted by Crippen LogP contribution is -2.24. The Labute approximate surface area is 219 Å². The van der Waals surface area contributed by atoms with Gasteiger partial charge >= 0.3 is 6.11 Å². The van der Waals surface area contributed by atoms with E-state index in [1.54, 1.807) is 18.2 Å². The van der Waals surface area contributed by atoms with Gasteiger partial charge in [0, 0.05) is 10.8 Å². The first-order valence-electron chi connectivity index (χ1n) is 12.8. The summed E-state index contributed by atoms with van der Waals surface area (Å²) in [5, 5.41) is 0. The van der Waals surface area contributed by atoms with Crippen molar-refractivity contribution in [1.29, 1.82) is 0 Å². The van der Waals surface area contributed by atoms with Crippen molar-refractivity contribution >= 4 is 22.6 Å². The van der Waals surface area contributed by atoms with E-state index in [2.05, 4.69) is 55.5 Å². The predicted octanol–water partition coefficient (Wildman–Crippen LogP) is 9.88. The Morgan fingerprint density at radius 1 is 0.971 bits per heavy atom. The van der Waals surface area contributed by atoms with Gasteiger partial charge < -0.3 is 4.74 Å². The normalized spacial score (nSPS) is 29.4. The first-order chi connectivity index (χ1) is 16.0. The minimum atomic E-state index is -3.41. The first kappa shape index (κ1) is 27.4. The highest BCUT2D eigenvalue weighted by molar-refractivity contribution is 14.1. The quantitative estimate of drug-likeness (QED) is 0.205. The van der Waals surface area contributed by atoms with Gasteiger partial charge in [0.25, 0.3) is 0 Å². The van der Waals surface area contributed by atoms with E-state index in [1.165, 1.54) is 18.4 Å². The van der Waals surface area contributed by atoms with E-state index in [0.717, 1.165) is 48.0 Å². The van der Waals surface area contributed by atoms with Crippen LogP contribution in [0.1, 0.15) is 79.6 Å². The Morgan fingerprint density at radius 3 is 2.32 bits per heavy atom. The summed E-state index contributed by atoms with van der Waals surface area (Å²) in [6, 6.07) is 0. The number of hydrogen-bond acceptors (Lipinski definition) is 1. The largest absolute Gasteiger partial charge is 0.429 e. The molecule has 0 amide bonds. The van der Waals surface area contributed by atoms with Crippen LogP contribution in [-0.2, 0) is 4.74 Å². The molecule has 0 aromatic heterocycles. The Hall–Kier alpha value is -1.17. The van der Waals surface area contributed by atoms with Crippen molar-refractivity contribution in [2.75, 3.05) is 4.43 Å². The van der Waals surface area contributed by atoms with Gasteiger partial charge in [-0.2, -0.15) is 8.78 Å². The van der Waals surface area contributed by atoms with E-state index in [9.17, 15) is 0 Å². The van der Waals surface area contributed by atoms with E-state index in [0.29, 0.717) is 5.92 Å². The van der Waals surface area contributed by atoms with Gasteiger partial charge in [-0.3, -0.25) is 0 Å².